The zero-order chi connectivity index (χ0) is 11.5. The molecular formula is C12H10N2O2. The first kappa shape index (κ1) is 10.2. The third-order valence-corrected chi connectivity index (χ3v) is 2.26. The summed E-state index contributed by atoms with van der Waals surface area (Å²) in [6.07, 6.45) is 3.34. The van der Waals surface area contributed by atoms with E-state index in [1.807, 2.05) is 6.07 Å². The molecule has 0 saturated heterocycles. The molecule has 2 aromatic rings. The predicted octanol–water partition coefficient (Wildman–Crippen LogP) is 1.55. The summed E-state index contributed by atoms with van der Waals surface area (Å²) < 4.78 is 0. The average Bonchev–Trinajstić information content (AvgIpc) is 2.30. The van der Waals surface area contributed by atoms with Gasteiger partial charge in [0.1, 0.15) is 5.75 Å². The van der Waals surface area contributed by atoms with Crippen LogP contribution >= 0.6 is 0 Å². The smallest absolute Gasteiger partial charge is 0.252 e. The summed E-state index contributed by atoms with van der Waals surface area (Å²) in [6.45, 7) is 0. The molecule has 4 heteroatoms. The highest BCUT2D eigenvalue weighted by atomic mass is 16.3. The largest absolute Gasteiger partial charge is 0.507 e. The topological polar surface area (TPSA) is 76.2 Å². The summed E-state index contributed by atoms with van der Waals surface area (Å²) >= 11 is 0. The van der Waals surface area contributed by atoms with Gasteiger partial charge in [0.05, 0.1) is 5.56 Å². The number of nitrogens with zero attached hydrogens (tertiary/aromatic N) is 1. The fraction of sp³-hybridized carbons (Fsp3) is 0. The Balaban J connectivity index is 2.52. The lowest BCUT2D eigenvalue weighted by Crippen LogP contribution is -2.11. The molecule has 4 nitrogen and oxygen atoms in total. The number of benzene rings is 1. The van der Waals surface area contributed by atoms with Crippen LogP contribution in [0.3, 0.4) is 0 Å². The third kappa shape index (κ3) is 1.86. The Bertz CT molecular complexity index is 524. The number of pyridine rings is 1. The second-order valence-electron chi connectivity index (χ2n) is 3.34. The fourth-order valence-corrected chi connectivity index (χ4v) is 1.45. The summed E-state index contributed by atoms with van der Waals surface area (Å²) in [6, 6.07) is 8.37. The number of aromatic nitrogens is 1. The number of hydrogen-bond acceptors (Lipinski definition) is 3. The van der Waals surface area contributed by atoms with Crippen molar-refractivity contribution < 1.29 is 9.90 Å². The zero-order valence-electron chi connectivity index (χ0n) is 8.42. The van der Waals surface area contributed by atoms with E-state index in [9.17, 15) is 9.90 Å². The molecule has 0 spiro atoms. The molecule has 3 N–H and O–H groups in total. The van der Waals surface area contributed by atoms with Crippen molar-refractivity contribution in [1.82, 2.24) is 4.98 Å². The Morgan fingerprint density at radius 2 is 2.06 bits per heavy atom. The number of carbonyl (C=O) groups excluding carboxylic acids is 1. The van der Waals surface area contributed by atoms with Crippen LogP contribution in [0.2, 0.25) is 0 Å². The first-order valence-electron chi connectivity index (χ1n) is 4.71. The van der Waals surface area contributed by atoms with E-state index < -0.39 is 5.91 Å². The van der Waals surface area contributed by atoms with Crippen LogP contribution in [-0.2, 0) is 0 Å². The Hall–Kier alpha value is -2.36. The van der Waals surface area contributed by atoms with Gasteiger partial charge in [0, 0.05) is 18.0 Å². The van der Waals surface area contributed by atoms with Crippen LogP contribution in [-0.4, -0.2) is 16.0 Å². The maximum absolute atomic E-state index is 11.1. The monoisotopic (exact) mass is 214 g/mol. The van der Waals surface area contributed by atoms with Gasteiger partial charge in [0.15, 0.2) is 0 Å². The fourth-order valence-electron chi connectivity index (χ4n) is 1.45. The third-order valence-electron chi connectivity index (χ3n) is 2.26. The minimum Gasteiger partial charge on any atom is -0.507 e. The second-order valence-corrected chi connectivity index (χ2v) is 3.34. The van der Waals surface area contributed by atoms with Gasteiger partial charge in [0.25, 0.3) is 5.91 Å². The normalized spacial score (nSPS) is 10.0. The molecule has 0 aliphatic heterocycles. The molecule has 0 bridgehead atoms. The number of carbonyl (C=O) groups is 1. The van der Waals surface area contributed by atoms with E-state index in [0.717, 1.165) is 11.1 Å². The molecule has 1 aromatic carbocycles. The van der Waals surface area contributed by atoms with Gasteiger partial charge in [-0.25, -0.2) is 0 Å². The van der Waals surface area contributed by atoms with Gasteiger partial charge >= 0.3 is 0 Å². The summed E-state index contributed by atoms with van der Waals surface area (Å²) in [5.74, 6) is -0.761. The Morgan fingerprint density at radius 3 is 2.69 bits per heavy atom. The molecule has 0 atom stereocenters. The van der Waals surface area contributed by atoms with Gasteiger partial charge in [-0.2, -0.15) is 0 Å². The van der Waals surface area contributed by atoms with Crippen molar-refractivity contribution >= 4 is 5.91 Å². The van der Waals surface area contributed by atoms with E-state index in [-0.39, 0.29) is 11.3 Å². The minimum atomic E-state index is -0.650. The quantitative estimate of drug-likeness (QED) is 0.796. The number of rotatable bonds is 2. The predicted molar refractivity (Wildman–Crippen MR) is 59.9 cm³/mol. The number of aromatic hydroxyl groups is 1. The molecule has 0 unspecified atom stereocenters. The van der Waals surface area contributed by atoms with Gasteiger partial charge in [-0.1, -0.05) is 12.1 Å². The van der Waals surface area contributed by atoms with Crippen LogP contribution in [0, 0.1) is 0 Å². The molecular weight excluding hydrogens is 204 g/mol. The maximum atomic E-state index is 11.1. The van der Waals surface area contributed by atoms with Crippen molar-refractivity contribution in [2.75, 3.05) is 0 Å². The number of phenols is 1. The van der Waals surface area contributed by atoms with Gasteiger partial charge < -0.3 is 10.8 Å². The lowest BCUT2D eigenvalue weighted by atomic mass is 10.0. The van der Waals surface area contributed by atoms with Crippen molar-refractivity contribution in [3.05, 3.63) is 48.3 Å². The Kier molecular flexibility index (Phi) is 2.55. The highest BCUT2D eigenvalue weighted by Gasteiger charge is 2.08. The minimum absolute atomic E-state index is 0.111. The van der Waals surface area contributed by atoms with Crippen LogP contribution in [0.1, 0.15) is 10.4 Å². The summed E-state index contributed by atoms with van der Waals surface area (Å²) in [5.41, 5.74) is 6.92. The van der Waals surface area contributed by atoms with Crippen molar-refractivity contribution in [3.63, 3.8) is 0 Å². The van der Waals surface area contributed by atoms with E-state index in [2.05, 4.69) is 4.98 Å². The summed E-state index contributed by atoms with van der Waals surface area (Å²) in [7, 11) is 0. The summed E-state index contributed by atoms with van der Waals surface area (Å²) in [5, 5.41) is 9.44. The molecule has 2 rings (SSSR count). The van der Waals surface area contributed by atoms with Crippen molar-refractivity contribution in [1.29, 1.82) is 0 Å². The van der Waals surface area contributed by atoms with Gasteiger partial charge in [-0.05, 0) is 23.8 Å². The molecule has 1 heterocycles. The lowest BCUT2D eigenvalue weighted by Gasteiger charge is -2.04. The van der Waals surface area contributed by atoms with Crippen LogP contribution in [0.15, 0.2) is 42.7 Å². The van der Waals surface area contributed by atoms with E-state index in [1.54, 1.807) is 30.6 Å². The van der Waals surface area contributed by atoms with Crippen molar-refractivity contribution in [3.8, 4) is 16.9 Å². The summed E-state index contributed by atoms with van der Waals surface area (Å²) in [4.78, 5) is 15.0. The molecule has 0 radical (unpaired) electrons. The Labute approximate surface area is 92.4 Å². The molecule has 1 aromatic heterocycles. The Morgan fingerprint density at radius 1 is 1.25 bits per heavy atom. The van der Waals surface area contributed by atoms with Crippen LogP contribution in [0.25, 0.3) is 11.1 Å². The number of nitrogens with two attached hydrogens (primary N) is 1. The number of hydrogen-bond donors (Lipinski definition) is 2. The second kappa shape index (κ2) is 4.02. The maximum Gasteiger partial charge on any atom is 0.252 e. The molecule has 0 aliphatic rings. The highest BCUT2D eigenvalue weighted by molar-refractivity contribution is 5.96. The van der Waals surface area contributed by atoms with Crippen molar-refractivity contribution in [2.24, 2.45) is 5.73 Å². The van der Waals surface area contributed by atoms with E-state index in [4.69, 9.17) is 5.73 Å². The standard InChI is InChI=1S/C12H10N2O2/c13-12(16)10-6-8(3-4-11(10)15)9-2-1-5-14-7-9/h1-7,15H,(H2,13,16). The van der Waals surface area contributed by atoms with E-state index in [1.165, 1.54) is 6.07 Å². The highest BCUT2D eigenvalue weighted by Crippen LogP contribution is 2.24. The van der Waals surface area contributed by atoms with Crippen LogP contribution in [0.4, 0.5) is 0 Å². The van der Waals surface area contributed by atoms with Crippen molar-refractivity contribution in [2.45, 2.75) is 0 Å². The molecule has 1 amide bonds. The van der Waals surface area contributed by atoms with E-state index >= 15 is 0 Å². The molecule has 0 aliphatic carbocycles. The molecule has 0 fully saturated rings. The SMILES string of the molecule is NC(=O)c1cc(-c2cccnc2)ccc1O. The first-order valence-corrected chi connectivity index (χ1v) is 4.71. The van der Waals surface area contributed by atoms with Crippen LogP contribution < -0.4 is 5.73 Å². The molecule has 0 saturated carbocycles. The zero-order valence-corrected chi connectivity index (χ0v) is 8.42. The van der Waals surface area contributed by atoms with E-state index in [0.29, 0.717) is 0 Å². The first-order chi connectivity index (χ1) is 7.68. The molecule has 80 valence electrons. The number of primary amides is 1. The average molecular weight is 214 g/mol. The lowest BCUT2D eigenvalue weighted by molar-refractivity contribution is 0.0998. The van der Waals surface area contributed by atoms with Crippen LogP contribution in [0.5, 0.6) is 5.75 Å². The molecule has 16 heavy (non-hydrogen) atoms. The number of amides is 1. The van der Waals surface area contributed by atoms with Gasteiger partial charge in [-0.15, -0.1) is 0 Å². The van der Waals surface area contributed by atoms with Gasteiger partial charge in [-0.3, -0.25) is 9.78 Å². The van der Waals surface area contributed by atoms with Gasteiger partial charge in [0.2, 0.25) is 0 Å².